The average Bonchev–Trinajstić information content (AvgIpc) is 2.95. The highest BCUT2D eigenvalue weighted by Gasteiger charge is 2.52. The van der Waals surface area contributed by atoms with Crippen molar-refractivity contribution in [3.63, 3.8) is 0 Å². The molecular weight excluding hydrogens is 499 g/mol. The second-order valence-electron chi connectivity index (χ2n) is 13.1. The molecule has 2 nitrogen and oxygen atoms in total. The fourth-order valence-electron chi connectivity index (χ4n) is 8.42. The minimum Gasteiger partial charge on any atom is -0.377 e. The summed E-state index contributed by atoms with van der Waals surface area (Å²) in [5.74, 6) is 0. The maximum absolute atomic E-state index is 2.72. The number of hydrogen-bond acceptors (Lipinski definition) is 2. The SMILES string of the molecule is Cc1cc2c3c(c1)N1c4ccccc4C(C)(C)c4cccc(c41)B3N1c3ccccc3[Si](C)(C)c3cccc-2c31. The Labute approximate surface area is 238 Å². The third-order valence-corrected chi connectivity index (χ3v) is 13.7. The molecule has 4 heterocycles. The molecule has 0 saturated heterocycles. The van der Waals surface area contributed by atoms with Gasteiger partial charge in [0.25, 0.3) is 0 Å². The lowest BCUT2D eigenvalue weighted by atomic mass is 9.42. The summed E-state index contributed by atoms with van der Waals surface area (Å²) in [4.78, 5) is 5.32. The Kier molecular flexibility index (Phi) is 4.09. The number of anilines is 5. The van der Waals surface area contributed by atoms with E-state index in [1.54, 1.807) is 5.19 Å². The summed E-state index contributed by atoms with van der Waals surface area (Å²) in [6.07, 6.45) is 0. The van der Waals surface area contributed by atoms with Crippen molar-refractivity contribution in [2.75, 3.05) is 9.71 Å². The third-order valence-electron chi connectivity index (χ3n) is 10.2. The van der Waals surface area contributed by atoms with E-state index in [4.69, 9.17) is 0 Å². The van der Waals surface area contributed by atoms with Crippen LogP contribution < -0.4 is 31.0 Å². The highest BCUT2D eigenvalue weighted by molar-refractivity contribution is 7.05. The van der Waals surface area contributed by atoms with Crippen LogP contribution in [-0.2, 0) is 5.41 Å². The average molecular weight is 531 g/mol. The summed E-state index contributed by atoms with van der Waals surface area (Å²) in [7, 11) is -1.89. The molecule has 5 aromatic carbocycles. The van der Waals surface area contributed by atoms with Crippen LogP contribution >= 0.6 is 0 Å². The fourth-order valence-corrected chi connectivity index (χ4v) is 11.4. The van der Waals surface area contributed by atoms with E-state index >= 15 is 0 Å². The highest BCUT2D eigenvalue weighted by Crippen LogP contribution is 2.54. The summed E-state index contributed by atoms with van der Waals surface area (Å²) >= 11 is 0. The van der Waals surface area contributed by atoms with Gasteiger partial charge in [0.2, 0.25) is 0 Å². The van der Waals surface area contributed by atoms with E-state index in [1.165, 1.54) is 72.4 Å². The van der Waals surface area contributed by atoms with Crippen LogP contribution in [-0.4, -0.2) is 14.9 Å². The summed E-state index contributed by atoms with van der Waals surface area (Å²) in [6, 6.07) is 37.3. The molecule has 0 fully saturated rings. The van der Waals surface area contributed by atoms with Crippen LogP contribution in [0.2, 0.25) is 13.1 Å². The molecule has 40 heavy (non-hydrogen) atoms. The second kappa shape index (κ2) is 7.18. The molecule has 0 atom stereocenters. The molecule has 0 saturated carbocycles. The maximum atomic E-state index is 2.72. The molecule has 192 valence electrons. The molecule has 0 N–H and O–H groups in total. The van der Waals surface area contributed by atoms with Crippen LogP contribution in [0.15, 0.2) is 97.1 Å². The Morgan fingerprint density at radius 1 is 0.650 bits per heavy atom. The van der Waals surface area contributed by atoms with Crippen molar-refractivity contribution in [2.45, 2.75) is 39.3 Å². The Bertz CT molecular complexity index is 1960. The molecule has 4 aliphatic heterocycles. The van der Waals surface area contributed by atoms with Crippen LogP contribution in [0, 0.1) is 6.92 Å². The predicted molar refractivity (Wildman–Crippen MR) is 174 cm³/mol. The smallest absolute Gasteiger partial charge is 0.333 e. The lowest BCUT2D eigenvalue weighted by Gasteiger charge is -2.53. The van der Waals surface area contributed by atoms with Gasteiger partial charge < -0.3 is 9.71 Å². The molecule has 0 spiro atoms. The Balaban J connectivity index is 1.48. The largest absolute Gasteiger partial charge is 0.377 e. The number of nitrogens with zero attached hydrogens (tertiary/aromatic N) is 2. The molecular formula is C36H31BN2Si. The van der Waals surface area contributed by atoms with Gasteiger partial charge in [-0.15, -0.1) is 0 Å². The number of benzene rings is 5. The van der Waals surface area contributed by atoms with E-state index in [0.717, 1.165) is 0 Å². The van der Waals surface area contributed by atoms with E-state index in [2.05, 4.69) is 141 Å². The highest BCUT2D eigenvalue weighted by atomic mass is 28.3. The first-order chi connectivity index (χ1) is 19.3. The monoisotopic (exact) mass is 530 g/mol. The number of hydrogen-bond donors (Lipinski definition) is 0. The number of rotatable bonds is 0. The molecule has 5 aromatic rings. The van der Waals surface area contributed by atoms with Gasteiger partial charge in [-0.1, -0.05) is 106 Å². The van der Waals surface area contributed by atoms with E-state index < -0.39 is 8.07 Å². The minimum absolute atomic E-state index is 0.0883. The van der Waals surface area contributed by atoms with Gasteiger partial charge in [-0.3, -0.25) is 0 Å². The first-order valence-electron chi connectivity index (χ1n) is 14.5. The van der Waals surface area contributed by atoms with Crippen LogP contribution in [0.25, 0.3) is 11.1 Å². The molecule has 0 amide bonds. The zero-order chi connectivity index (χ0) is 27.1. The lowest BCUT2D eigenvalue weighted by Crippen LogP contribution is -2.69. The fraction of sp³-hybridized carbons (Fsp3) is 0.167. The first-order valence-corrected chi connectivity index (χ1v) is 17.5. The minimum atomic E-state index is -1.89. The van der Waals surface area contributed by atoms with Crippen molar-refractivity contribution in [1.82, 2.24) is 0 Å². The standard InChI is InChI=1S/C36H31BN2Si/c1-22-20-24-23-12-10-19-32-34(23)39(29-17-8-9-18-31(29)40(32,4)5)37-27-15-11-14-26-35(27)38(30(21-22)33(24)37)28-16-7-6-13-25(28)36(26,2)3/h6-21H,1-5H3. The van der Waals surface area contributed by atoms with E-state index in [-0.39, 0.29) is 12.3 Å². The van der Waals surface area contributed by atoms with Crippen molar-refractivity contribution in [3.8, 4) is 11.1 Å². The predicted octanol–water partition coefficient (Wildman–Crippen LogP) is 6.48. The zero-order valence-corrected chi connectivity index (χ0v) is 24.7. The summed E-state index contributed by atoms with van der Waals surface area (Å²) < 4.78 is 0. The number of fused-ring (bicyclic) bond motifs is 8. The normalized spacial score (nSPS) is 17.4. The zero-order valence-electron chi connectivity index (χ0n) is 23.7. The topological polar surface area (TPSA) is 6.48 Å². The van der Waals surface area contributed by atoms with Gasteiger partial charge in [0.05, 0.1) is 5.69 Å². The van der Waals surface area contributed by atoms with Crippen molar-refractivity contribution >= 4 is 64.7 Å². The van der Waals surface area contributed by atoms with Gasteiger partial charge in [-0.05, 0) is 68.7 Å². The number of aryl methyl sites for hydroxylation is 1. The number of para-hydroxylation sites is 4. The van der Waals surface area contributed by atoms with Crippen molar-refractivity contribution in [2.24, 2.45) is 0 Å². The molecule has 4 aliphatic rings. The van der Waals surface area contributed by atoms with E-state index in [0.29, 0.717) is 0 Å². The van der Waals surface area contributed by atoms with Gasteiger partial charge in [0, 0.05) is 33.7 Å². The van der Waals surface area contributed by atoms with Crippen molar-refractivity contribution < 1.29 is 0 Å². The van der Waals surface area contributed by atoms with Crippen molar-refractivity contribution in [1.29, 1.82) is 0 Å². The molecule has 0 aliphatic carbocycles. The van der Waals surface area contributed by atoms with Crippen LogP contribution in [0.3, 0.4) is 0 Å². The van der Waals surface area contributed by atoms with Gasteiger partial charge in [-0.2, -0.15) is 0 Å². The van der Waals surface area contributed by atoms with Gasteiger partial charge in [-0.25, -0.2) is 0 Å². The molecule has 9 rings (SSSR count). The Hall–Kier alpha value is -4.02. The van der Waals surface area contributed by atoms with Crippen molar-refractivity contribution in [3.05, 3.63) is 114 Å². The molecule has 0 bridgehead atoms. The third kappa shape index (κ3) is 2.48. The molecule has 0 aromatic heterocycles. The maximum Gasteiger partial charge on any atom is 0.333 e. The Morgan fingerprint density at radius 3 is 2.20 bits per heavy atom. The molecule has 0 unspecified atom stereocenters. The summed E-state index contributed by atoms with van der Waals surface area (Å²) in [5, 5.41) is 3.09. The second-order valence-corrected chi connectivity index (χ2v) is 17.4. The van der Waals surface area contributed by atoms with E-state index in [1.807, 2.05) is 0 Å². The Morgan fingerprint density at radius 2 is 1.35 bits per heavy atom. The first kappa shape index (κ1) is 22.8. The summed E-state index contributed by atoms with van der Waals surface area (Å²) in [5.41, 5.74) is 16.5. The summed E-state index contributed by atoms with van der Waals surface area (Å²) in [6.45, 7) is 12.2. The van der Waals surface area contributed by atoms with Crippen LogP contribution in [0.1, 0.15) is 30.5 Å². The van der Waals surface area contributed by atoms with Crippen LogP contribution in [0.4, 0.5) is 28.4 Å². The lowest BCUT2D eigenvalue weighted by molar-refractivity contribution is 0.632. The quantitative estimate of drug-likeness (QED) is 0.212. The van der Waals surface area contributed by atoms with Crippen LogP contribution in [0.5, 0.6) is 0 Å². The molecule has 0 radical (unpaired) electrons. The molecule has 4 heteroatoms. The van der Waals surface area contributed by atoms with Gasteiger partial charge in [0.1, 0.15) is 8.07 Å². The van der Waals surface area contributed by atoms with Gasteiger partial charge in [0.15, 0.2) is 0 Å². The van der Waals surface area contributed by atoms with E-state index in [9.17, 15) is 0 Å². The van der Waals surface area contributed by atoms with Gasteiger partial charge >= 0.3 is 6.85 Å².